The molecule has 5 nitrogen and oxygen atoms in total. The Labute approximate surface area is 113 Å². The molecule has 0 radical (unpaired) electrons. The van der Waals surface area contributed by atoms with Gasteiger partial charge in [-0.2, -0.15) is 0 Å². The normalized spacial score (nSPS) is 13.1. The third-order valence-corrected chi connectivity index (χ3v) is 3.22. The van der Waals surface area contributed by atoms with Crippen molar-refractivity contribution < 1.29 is 10.0 Å². The SMILES string of the molecule is CCc1ccc(C(=O)N(C)C(C)CC(N)=NO)cc1. The van der Waals surface area contributed by atoms with Crippen molar-refractivity contribution in [2.45, 2.75) is 32.7 Å². The van der Waals surface area contributed by atoms with Crippen LogP contribution in [0.15, 0.2) is 29.4 Å². The van der Waals surface area contributed by atoms with Crippen molar-refractivity contribution in [2.24, 2.45) is 10.9 Å². The monoisotopic (exact) mass is 263 g/mol. The molecule has 5 heteroatoms. The van der Waals surface area contributed by atoms with Crippen molar-refractivity contribution in [3.8, 4) is 0 Å². The molecule has 0 aliphatic carbocycles. The zero-order valence-corrected chi connectivity index (χ0v) is 11.6. The van der Waals surface area contributed by atoms with Crippen molar-refractivity contribution in [3.05, 3.63) is 35.4 Å². The fourth-order valence-electron chi connectivity index (χ4n) is 1.77. The maximum absolute atomic E-state index is 12.2. The number of benzene rings is 1. The van der Waals surface area contributed by atoms with E-state index in [0.29, 0.717) is 12.0 Å². The van der Waals surface area contributed by atoms with Crippen molar-refractivity contribution in [2.75, 3.05) is 7.05 Å². The largest absolute Gasteiger partial charge is 0.409 e. The van der Waals surface area contributed by atoms with E-state index in [1.54, 1.807) is 11.9 Å². The van der Waals surface area contributed by atoms with Crippen LogP contribution in [-0.2, 0) is 6.42 Å². The molecule has 3 N–H and O–H groups in total. The molecule has 0 spiro atoms. The Balaban J connectivity index is 2.75. The van der Waals surface area contributed by atoms with Crippen LogP contribution in [0.5, 0.6) is 0 Å². The molecule has 0 fully saturated rings. The summed E-state index contributed by atoms with van der Waals surface area (Å²) >= 11 is 0. The van der Waals surface area contributed by atoms with Gasteiger partial charge in [0.2, 0.25) is 0 Å². The lowest BCUT2D eigenvalue weighted by Crippen LogP contribution is -2.37. The number of hydrogen-bond donors (Lipinski definition) is 2. The minimum atomic E-state index is -0.130. The minimum absolute atomic E-state index is 0.0686. The standard InChI is InChI=1S/C14H21N3O2/c1-4-11-5-7-12(8-6-11)14(18)17(3)10(2)9-13(15)16-19/h5-8,10,19H,4,9H2,1-3H3,(H2,15,16). The van der Waals surface area contributed by atoms with Crippen LogP contribution in [0.3, 0.4) is 0 Å². The summed E-state index contributed by atoms with van der Waals surface area (Å²) in [7, 11) is 1.71. The summed E-state index contributed by atoms with van der Waals surface area (Å²) in [6.45, 7) is 3.93. The Morgan fingerprint density at radius 2 is 2.00 bits per heavy atom. The van der Waals surface area contributed by atoms with E-state index in [1.165, 1.54) is 5.56 Å². The van der Waals surface area contributed by atoms with Crippen molar-refractivity contribution in [1.82, 2.24) is 4.90 Å². The van der Waals surface area contributed by atoms with Crippen LogP contribution in [-0.4, -0.2) is 34.9 Å². The van der Waals surface area contributed by atoms with Crippen LogP contribution in [0.1, 0.15) is 36.2 Å². The molecular weight excluding hydrogens is 242 g/mol. The number of nitrogens with zero attached hydrogens (tertiary/aromatic N) is 2. The van der Waals surface area contributed by atoms with Gasteiger partial charge in [-0.1, -0.05) is 24.2 Å². The first-order valence-corrected chi connectivity index (χ1v) is 6.32. The minimum Gasteiger partial charge on any atom is -0.409 e. The maximum Gasteiger partial charge on any atom is 0.253 e. The molecule has 19 heavy (non-hydrogen) atoms. The number of carbonyl (C=O) groups excluding carboxylic acids is 1. The highest BCUT2D eigenvalue weighted by atomic mass is 16.4. The van der Waals surface area contributed by atoms with E-state index in [0.717, 1.165) is 6.42 Å². The fourth-order valence-corrected chi connectivity index (χ4v) is 1.77. The lowest BCUT2D eigenvalue weighted by atomic mass is 10.1. The van der Waals surface area contributed by atoms with Crippen LogP contribution in [0.2, 0.25) is 0 Å². The fraction of sp³-hybridized carbons (Fsp3) is 0.429. The highest BCUT2D eigenvalue weighted by Crippen LogP contribution is 2.11. The summed E-state index contributed by atoms with van der Waals surface area (Å²) in [5.41, 5.74) is 7.29. The van der Waals surface area contributed by atoms with E-state index in [9.17, 15) is 4.79 Å². The van der Waals surface area contributed by atoms with E-state index in [2.05, 4.69) is 12.1 Å². The molecule has 1 rings (SSSR count). The van der Waals surface area contributed by atoms with E-state index in [-0.39, 0.29) is 17.8 Å². The zero-order chi connectivity index (χ0) is 14.4. The summed E-state index contributed by atoms with van der Waals surface area (Å²) in [6, 6.07) is 7.43. The molecular formula is C14H21N3O2. The molecule has 0 saturated heterocycles. The van der Waals surface area contributed by atoms with E-state index in [4.69, 9.17) is 10.9 Å². The molecule has 1 unspecified atom stereocenters. The number of oxime groups is 1. The predicted octanol–water partition coefficient (Wildman–Crippen LogP) is 1.85. The summed E-state index contributed by atoms with van der Waals surface area (Å²) < 4.78 is 0. The first kappa shape index (κ1) is 15.0. The van der Waals surface area contributed by atoms with Crippen LogP contribution in [0, 0.1) is 0 Å². The van der Waals surface area contributed by atoms with Gasteiger partial charge in [0.1, 0.15) is 5.84 Å². The first-order chi connectivity index (χ1) is 8.99. The molecule has 1 aromatic carbocycles. The van der Waals surface area contributed by atoms with Crippen molar-refractivity contribution in [1.29, 1.82) is 0 Å². The van der Waals surface area contributed by atoms with E-state index < -0.39 is 0 Å². The van der Waals surface area contributed by atoms with Gasteiger partial charge in [-0.3, -0.25) is 4.79 Å². The second-order valence-corrected chi connectivity index (χ2v) is 4.61. The first-order valence-electron chi connectivity index (χ1n) is 6.32. The highest BCUT2D eigenvalue weighted by Gasteiger charge is 2.18. The Morgan fingerprint density at radius 1 is 1.42 bits per heavy atom. The average Bonchev–Trinajstić information content (AvgIpc) is 2.45. The molecule has 1 aromatic rings. The maximum atomic E-state index is 12.2. The van der Waals surface area contributed by atoms with Gasteiger partial charge < -0.3 is 15.8 Å². The zero-order valence-electron chi connectivity index (χ0n) is 11.6. The van der Waals surface area contributed by atoms with E-state index >= 15 is 0 Å². The van der Waals surface area contributed by atoms with E-state index in [1.807, 2.05) is 31.2 Å². The highest BCUT2D eigenvalue weighted by molar-refractivity contribution is 5.94. The Kier molecular flexibility index (Phi) is 5.36. The topological polar surface area (TPSA) is 78.9 Å². The second kappa shape index (κ2) is 6.78. The van der Waals surface area contributed by atoms with Crippen LogP contribution < -0.4 is 5.73 Å². The van der Waals surface area contributed by atoms with Crippen molar-refractivity contribution in [3.63, 3.8) is 0 Å². The molecule has 1 atom stereocenters. The van der Waals surface area contributed by atoms with Gasteiger partial charge in [0.25, 0.3) is 5.91 Å². The third-order valence-electron chi connectivity index (χ3n) is 3.22. The van der Waals surface area contributed by atoms with Crippen LogP contribution >= 0.6 is 0 Å². The number of rotatable bonds is 5. The molecule has 1 amide bonds. The number of amides is 1. The lowest BCUT2D eigenvalue weighted by molar-refractivity contribution is 0.0747. The van der Waals surface area contributed by atoms with Crippen LogP contribution in [0.25, 0.3) is 0 Å². The summed E-state index contributed by atoms with van der Waals surface area (Å²) in [5.74, 6) is 0.0503. The van der Waals surface area contributed by atoms with Crippen molar-refractivity contribution >= 4 is 11.7 Å². The molecule has 104 valence electrons. The lowest BCUT2D eigenvalue weighted by Gasteiger charge is -2.24. The van der Waals surface area contributed by atoms with Crippen LogP contribution in [0.4, 0.5) is 0 Å². The van der Waals surface area contributed by atoms with Gasteiger partial charge in [0.05, 0.1) is 0 Å². The molecule has 0 aliphatic heterocycles. The summed E-state index contributed by atoms with van der Waals surface area (Å²) in [6.07, 6.45) is 1.29. The molecule has 0 saturated carbocycles. The molecule has 0 aromatic heterocycles. The Bertz CT molecular complexity index is 454. The second-order valence-electron chi connectivity index (χ2n) is 4.61. The number of nitrogens with two attached hydrogens (primary N) is 1. The molecule has 0 aliphatic rings. The quantitative estimate of drug-likeness (QED) is 0.368. The molecule has 0 heterocycles. The summed E-state index contributed by atoms with van der Waals surface area (Å²) in [4.78, 5) is 13.8. The van der Waals surface area contributed by atoms with Gasteiger partial charge in [0, 0.05) is 25.1 Å². The predicted molar refractivity (Wildman–Crippen MR) is 75.4 cm³/mol. The Hall–Kier alpha value is -2.04. The molecule has 0 bridgehead atoms. The van der Waals surface area contributed by atoms with Gasteiger partial charge in [0.15, 0.2) is 0 Å². The number of carbonyl (C=O) groups is 1. The number of aryl methyl sites for hydroxylation is 1. The van der Waals surface area contributed by atoms with Gasteiger partial charge >= 0.3 is 0 Å². The summed E-state index contributed by atoms with van der Waals surface area (Å²) in [5, 5.41) is 11.5. The third kappa shape index (κ3) is 3.98. The number of hydrogen-bond acceptors (Lipinski definition) is 3. The average molecular weight is 263 g/mol. The Morgan fingerprint density at radius 3 is 2.47 bits per heavy atom. The van der Waals surface area contributed by atoms with Gasteiger partial charge in [-0.25, -0.2) is 0 Å². The van der Waals surface area contributed by atoms with Gasteiger partial charge in [-0.15, -0.1) is 0 Å². The number of amidine groups is 1. The van der Waals surface area contributed by atoms with Gasteiger partial charge in [-0.05, 0) is 31.0 Å². The smallest absolute Gasteiger partial charge is 0.253 e.